The van der Waals surface area contributed by atoms with Gasteiger partial charge in [0.05, 0.1) is 6.61 Å². The molecule has 19 heavy (non-hydrogen) atoms. The lowest BCUT2D eigenvalue weighted by Gasteiger charge is -2.34. The summed E-state index contributed by atoms with van der Waals surface area (Å²) in [6.07, 6.45) is 7.68. The predicted octanol–water partition coefficient (Wildman–Crippen LogP) is 3.65. The number of para-hydroxylation sites is 1. The first-order valence-electron chi connectivity index (χ1n) is 7.88. The lowest BCUT2D eigenvalue weighted by Crippen LogP contribution is -2.37. The molecule has 1 saturated carbocycles. The van der Waals surface area contributed by atoms with Crippen LogP contribution in [0.5, 0.6) is 5.75 Å². The molecule has 0 saturated heterocycles. The van der Waals surface area contributed by atoms with Crippen molar-refractivity contribution in [1.29, 1.82) is 0 Å². The molecule has 2 aliphatic rings. The molecule has 0 amide bonds. The number of ether oxygens (including phenoxy) is 1. The van der Waals surface area contributed by atoms with Gasteiger partial charge >= 0.3 is 0 Å². The zero-order valence-electron chi connectivity index (χ0n) is 12.0. The van der Waals surface area contributed by atoms with Crippen LogP contribution in [-0.4, -0.2) is 19.2 Å². The summed E-state index contributed by atoms with van der Waals surface area (Å²) in [6.45, 7) is 4.17. The fourth-order valence-electron chi connectivity index (χ4n) is 3.72. The second kappa shape index (κ2) is 5.96. The van der Waals surface area contributed by atoms with Gasteiger partial charge < -0.3 is 10.1 Å². The molecule has 0 aromatic heterocycles. The van der Waals surface area contributed by atoms with Crippen LogP contribution in [0.15, 0.2) is 18.2 Å². The first kappa shape index (κ1) is 13.0. The summed E-state index contributed by atoms with van der Waals surface area (Å²) in [5.41, 5.74) is 2.88. The van der Waals surface area contributed by atoms with E-state index in [-0.39, 0.29) is 0 Å². The number of hydrogen-bond acceptors (Lipinski definition) is 2. The van der Waals surface area contributed by atoms with Crippen molar-refractivity contribution in [3.8, 4) is 5.75 Å². The third-order valence-electron chi connectivity index (χ3n) is 4.60. The Hall–Kier alpha value is -1.02. The van der Waals surface area contributed by atoms with Crippen LogP contribution in [0.4, 0.5) is 0 Å². The summed E-state index contributed by atoms with van der Waals surface area (Å²) in [6, 6.07) is 7.39. The molecule has 0 spiro atoms. The Balaban J connectivity index is 1.91. The Morgan fingerprint density at radius 2 is 2.11 bits per heavy atom. The SMILES string of the molecule is CCNC1CCCCC1c1cccc2c1OCCC2. The monoisotopic (exact) mass is 259 g/mol. The van der Waals surface area contributed by atoms with Crippen LogP contribution in [0.3, 0.4) is 0 Å². The highest BCUT2D eigenvalue weighted by Gasteiger charge is 2.29. The molecule has 2 nitrogen and oxygen atoms in total. The van der Waals surface area contributed by atoms with E-state index in [0.29, 0.717) is 12.0 Å². The van der Waals surface area contributed by atoms with Crippen molar-refractivity contribution in [2.45, 2.75) is 57.4 Å². The molecule has 1 aromatic rings. The summed E-state index contributed by atoms with van der Waals surface area (Å²) in [4.78, 5) is 0. The minimum Gasteiger partial charge on any atom is -0.493 e. The molecule has 1 aromatic carbocycles. The van der Waals surface area contributed by atoms with Gasteiger partial charge in [-0.3, -0.25) is 0 Å². The molecule has 1 aliphatic carbocycles. The maximum atomic E-state index is 6.01. The van der Waals surface area contributed by atoms with Crippen molar-refractivity contribution in [3.05, 3.63) is 29.3 Å². The van der Waals surface area contributed by atoms with Gasteiger partial charge in [0.25, 0.3) is 0 Å². The Labute approximate surface area is 116 Å². The van der Waals surface area contributed by atoms with E-state index in [1.807, 2.05) is 0 Å². The summed E-state index contributed by atoms with van der Waals surface area (Å²) < 4.78 is 6.01. The Morgan fingerprint density at radius 1 is 1.21 bits per heavy atom. The number of likely N-dealkylation sites (N-methyl/N-ethyl adjacent to an activating group) is 1. The summed E-state index contributed by atoms with van der Waals surface area (Å²) in [5, 5.41) is 3.68. The van der Waals surface area contributed by atoms with Crippen LogP contribution in [0.2, 0.25) is 0 Å². The van der Waals surface area contributed by atoms with Gasteiger partial charge in [0, 0.05) is 12.0 Å². The van der Waals surface area contributed by atoms with E-state index in [4.69, 9.17) is 4.74 Å². The average Bonchev–Trinajstić information content (AvgIpc) is 2.48. The average molecular weight is 259 g/mol. The molecule has 1 aliphatic heterocycles. The van der Waals surface area contributed by atoms with Gasteiger partial charge in [0.1, 0.15) is 5.75 Å². The molecule has 1 fully saturated rings. The normalized spacial score (nSPS) is 26.6. The lowest BCUT2D eigenvalue weighted by molar-refractivity contribution is 0.271. The highest BCUT2D eigenvalue weighted by molar-refractivity contribution is 5.45. The Bertz CT molecular complexity index is 427. The van der Waals surface area contributed by atoms with E-state index in [0.717, 1.165) is 19.6 Å². The van der Waals surface area contributed by atoms with E-state index < -0.39 is 0 Å². The van der Waals surface area contributed by atoms with Crippen LogP contribution in [-0.2, 0) is 6.42 Å². The smallest absolute Gasteiger partial charge is 0.126 e. The van der Waals surface area contributed by atoms with Gasteiger partial charge in [-0.15, -0.1) is 0 Å². The number of fused-ring (bicyclic) bond motifs is 1. The van der Waals surface area contributed by atoms with Crippen LogP contribution in [0.1, 0.15) is 56.1 Å². The first-order valence-corrected chi connectivity index (χ1v) is 7.88. The predicted molar refractivity (Wildman–Crippen MR) is 78.9 cm³/mol. The van der Waals surface area contributed by atoms with Crippen LogP contribution < -0.4 is 10.1 Å². The van der Waals surface area contributed by atoms with E-state index in [9.17, 15) is 0 Å². The number of nitrogens with one attached hydrogen (secondary N) is 1. The van der Waals surface area contributed by atoms with Gasteiger partial charge in [0.2, 0.25) is 0 Å². The zero-order valence-corrected chi connectivity index (χ0v) is 12.0. The van der Waals surface area contributed by atoms with E-state index in [1.54, 1.807) is 0 Å². The van der Waals surface area contributed by atoms with Crippen molar-refractivity contribution in [2.24, 2.45) is 0 Å². The third-order valence-corrected chi connectivity index (χ3v) is 4.60. The lowest BCUT2D eigenvalue weighted by atomic mass is 9.78. The Kier molecular flexibility index (Phi) is 4.07. The standard InChI is InChI=1S/C17H25NO/c1-2-18-16-11-4-3-9-14(16)15-10-5-7-13-8-6-12-19-17(13)15/h5,7,10,14,16,18H,2-4,6,8-9,11-12H2,1H3. The highest BCUT2D eigenvalue weighted by Crippen LogP contribution is 2.40. The molecule has 0 bridgehead atoms. The van der Waals surface area contributed by atoms with Crippen LogP contribution >= 0.6 is 0 Å². The van der Waals surface area contributed by atoms with Crippen molar-refractivity contribution in [3.63, 3.8) is 0 Å². The molecule has 1 heterocycles. The fourth-order valence-corrected chi connectivity index (χ4v) is 3.72. The van der Waals surface area contributed by atoms with Crippen molar-refractivity contribution in [2.75, 3.05) is 13.2 Å². The molecular weight excluding hydrogens is 234 g/mol. The minimum atomic E-state index is 0.635. The molecule has 2 atom stereocenters. The second-order valence-electron chi connectivity index (χ2n) is 5.84. The van der Waals surface area contributed by atoms with Crippen LogP contribution in [0, 0.1) is 0 Å². The van der Waals surface area contributed by atoms with Crippen LogP contribution in [0.25, 0.3) is 0 Å². The molecule has 3 rings (SSSR count). The van der Waals surface area contributed by atoms with Crippen molar-refractivity contribution in [1.82, 2.24) is 5.32 Å². The molecule has 2 heteroatoms. The molecule has 104 valence electrons. The summed E-state index contributed by atoms with van der Waals surface area (Å²) in [7, 11) is 0. The molecule has 1 N–H and O–H groups in total. The van der Waals surface area contributed by atoms with Gasteiger partial charge in [0.15, 0.2) is 0 Å². The number of hydrogen-bond donors (Lipinski definition) is 1. The van der Waals surface area contributed by atoms with Gasteiger partial charge in [-0.1, -0.05) is 38.0 Å². The molecule has 2 unspecified atom stereocenters. The van der Waals surface area contributed by atoms with E-state index >= 15 is 0 Å². The maximum Gasteiger partial charge on any atom is 0.126 e. The Morgan fingerprint density at radius 3 is 3.00 bits per heavy atom. The number of benzene rings is 1. The largest absolute Gasteiger partial charge is 0.493 e. The van der Waals surface area contributed by atoms with E-state index in [1.165, 1.54) is 49.0 Å². The third kappa shape index (κ3) is 2.64. The molecular formula is C17H25NO. The topological polar surface area (TPSA) is 21.3 Å². The summed E-state index contributed by atoms with van der Waals surface area (Å²) in [5.74, 6) is 1.85. The van der Waals surface area contributed by atoms with Gasteiger partial charge in [-0.2, -0.15) is 0 Å². The van der Waals surface area contributed by atoms with Gasteiger partial charge in [-0.05, 0) is 43.4 Å². The maximum absolute atomic E-state index is 6.01. The number of aryl methyl sites for hydroxylation is 1. The van der Waals surface area contributed by atoms with E-state index in [2.05, 4.69) is 30.4 Å². The quantitative estimate of drug-likeness (QED) is 0.894. The minimum absolute atomic E-state index is 0.635. The molecule has 0 radical (unpaired) electrons. The first-order chi connectivity index (χ1) is 9.40. The highest BCUT2D eigenvalue weighted by atomic mass is 16.5. The van der Waals surface area contributed by atoms with Crippen molar-refractivity contribution < 1.29 is 4.74 Å². The van der Waals surface area contributed by atoms with Crippen molar-refractivity contribution >= 4 is 0 Å². The number of rotatable bonds is 3. The summed E-state index contributed by atoms with van der Waals surface area (Å²) >= 11 is 0. The zero-order chi connectivity index (χ0) is 13.1. The van der Waals surface area contributed by atoms with Gasteiger partial charge in [-0.25, -0.2) is 0 Å². The second-order valence-corrected chi connectivity index (χ2v) is 5.84. The fraction of sp³-hybridized carbons (Fsp3) is 0.647.